The molecule has 1 rings (SSSR count). The second-order valence-electron chi connectivity index (χ2n) is 5.14. The van der Waals surface area contributed by atoms with E-state index in [1.807, 2.05) is 12.1 Å². The molecule has 0 amide bonds. The summed E-state index contributed by atoms with van der Waals surface area (Å²) < 4.78 is 0. The van der Waals surface area contributed by atoms with Crippen LogP contribution in [0.25, 0.3) is 0 Å². The summed E-state index contributed by atoms with van der Waals surface area (Å²) in [6, 6.07) is 8.05. The molecule has 2 heteroatoms. The molecule has 84 valence electrons. The lowest BCUT2D eigenvalue weighted by atomic mass is 9.97. The maximum absolute atomic E-state index is 8.90. The molecule has 0 unspecified atom stereocenters. The molecule has 0 heterocycles. The Morgan fingerprint density at radius 2 is 1.60 bits per heavy atom. The fourth-order valence-electron chi connectivity index (χ4n) is 1.34. The van der Waals surface area contributed by atoms with Crippen molar-refractivity contribution in [3.05, 3.63) is 35.4 Å². The van der Waals surface area contributed by atoms with Crippen molar-refractivity contribution in [2.24, 2.45) is 5.41 Å². The van der Waals surface area contributed by atoms with Gasteiger partial charge in [0.05, 0.1) is 6.61 Å². The summed E-state index contributed by atoms with van der Waals surface area (Å²) in [6.07, 6.45) is 0. The predicted molar refractivity (Wildman–Crippen MR) is 63.5 cm³/mol. The van der Waals surface area contributed by atoms with Crippen LogP contribution in [0.1, 0.15) is 31.9 Å². The fraction of sp³-hybridized carbons (Fsp3) is 0.538. The number of hydrogen-bond donors (Lipinski definition) is 2. The monoisotopic (exact) mass is 207 g/mol. The van der Waals surface area contributed by atoms with Crippen molar-refractivity contribution in [1.29, 1.82) is 0 Å². The quantitative estimate of drug-likeness (QED) is 0.794. The Balaban J connectivity index is 2.38. The molecule has 0 saturated heterocycles. The first-order valence-corrected chi connectivity index (χ1v) is 5.41. The third kappa shape index (κ3) is 4.96. The first kappa shape index (κ1) is 12.2. The van der Waals surface area contributed by atoms with Crippen molar-refractivity contribution < 1.29 is 5.11 Å². The lowest BCUT2D eigenvalue weighted by molar-refractivity contribution is 0.282. The molecule has 1 aromatic rings. The molecule has 0 aliphatic rings. The van der Waals surface area contributed by atoms with Gasteiger partial charge in [0.1, 0.15) is 0 Å². The number of hydrogen-bond acceptors (Lipinski definition) is 2. The molecule has 0 bridgehead atoms. The minimum atomic E-state index is 0.121. The maximum atomic E-state index is 8.90. The Labute approximate surface area is 92.3 Å². The van der Waals surface area contributed by atoms with Crippen molar-refractivity contribution >= 4 is 0 Å². The van der Waals surface area contributed by atoms with Gasteiger partial charge in [-0.3, -0.25) is 0 Å². The summed E-state index contributed by atoms with van der Waals surface area (Å²) >= 11 is 0. The molecule has 0 fully saturated rings. The van der Waals surface area contributed by atoms with Gasteiger partial charge >= 0.3 is 0 Å². The Morgan fingerprint density at radius 3 is 2.07 bits per heavy atom. The van der Waals surface area contributed by atoms with Gasteiger partial charge in [0.2, 0.25) is 0 Å². The van der Waals surface area contributed by atoms with E-state index in [-0.39, 0.29) is 6.61 Å². The van der Waals surface area contributed by atoms with E-state index >= 15 is 0 Å². The summed E-state index contributed by atoms with van der Waals surface area (Å²) in [4.78, 5) is 0. The number of aliphatic hydroxyl groups is 1. The highest BCUT2D eigenvalue weighted by atomic mass is 16.3. The molecule has 0 saturated carbocycles. The number of rotatable bonds is 4. The number of nitrogens with one attached hydrogen (secondary N) is 1. The Hall–Kier alpha value is -0.860. The van der Waals surface area contributed by atoms with Gasteiger partial charge in [-0.05, 0) is 16.5 Å². The normalized spacial score (nSPS) is 11.7. The van der Waals surface area contributed by atoms with Gasteiger partial charge in [-0.1, -0.05) is 45.0 Å². The van der Waals surface area contributed by atoms with E-state index in [0.29, 0.717) is 5.41 Å². The van der Waals surface area contributed by atoms with Gasteiger partial charge in [-0.15, -0.1) is 0 Å². The highest BCUT2D eigenvalue weighted by molar-refractivity contribution is 5.21. The van der Waals surface area contributed by atoms with E-state index in [1.165, 1.54) is 5.56 Å². The van der Waals surface area contributed by atoms with Crippen LogP contribution < -0.4 is 5.32 Å². The molecule has 1 aromatic carbocycles. The molecular formula is C13H21NO. The van der Waals surface area contributed by atoms with E-state index in [4.69, 9.17) is 5.11 Å². The largest absolute Gasteiger partial charge is 0.392 e. The Bertz CT molecular complexity index is 284. The zero-order valence-corrected chi connectivity index (χ0v) is 9.88. The van der Waals surface area contributed by atoms with Gasteiger partial charge in [0.25, 0.3) is 0 Å². The topological polar surface area (TPSA) is 32.3 Å². The third-order valence-corrected chi connectivity index (χ3v) is 2.19. The highest BCUT2D eigenvalue weighted by Gasteiger charge is 2.08. The maximum Gasteiger partial charge on any atom is 0.0681 e. The van der Waals surface area contributed by atoms with Gasteiger partial charge < -0.3 is 10.4 Å². The van der Waals surface area contributed by atoms with Crippen molar-refractivity contribution in [2.45, 2.75) is 33.9 Å². The molecule has 2 N–H and O–H groups in total. The molecule has 0 spiro atoms. The van der Waals surface area contributed by atoms with E-state index < -0.39 is 0 Å². The van der Waals surface area contributed by atoms with Gasteiger partial charge in [0, 0.05) is 13.1 Å². The van der Waals surface area contributed by atoms with Crippen LogP contribution in [0.15, 0.2) is 24.3 Å². The lowest BCUT2D eigenvalue weighted by Gasteiger charge is -2.18. The van der Waals surface area contributed by atoms with Crippen LogP contribution in [0.2, 0.25) is 0 Å². The Kier molecular flexibility index (Phi) is 4.30. The average Bonchev–Trinajstić information content (AvgIpc) is 2.17. The summed E-state index contributed by atoms with van der Waals surface area (Å²) in [5, 5.41) is 12.3. The van der Waals surface area contributed by atoms with Crippen LogP contribution in [0.3, 0.4) is 0 Å². The minimum Gasteiger partial charge on any atom is -0.392 e. The van der Waals surface area contributed by atoms with Crippen LogP contribution in [0.4, 0.5) is 0 Å². The first-order chi connectivity index (χ1) is 7.01. The molecule has 15 heavy (non-hydrogen) atoms. The van der Waals surface area contributed by atoms with Crippen LogP contribution in [-0.2, 0) is 13.2 Å². The SMILES string of the molecule is CC(C)(C)CNCc1ccc(CO)cc1. The fourth-order valence-corrected chi connectivity index (χ4v) is 1.34. The zero-order valence-electron chi connectivity index (χ0n) is 9.88. The standard InChI is InChI=1S/C13H21NO/c1-13(2,3)10-14-8-11-4-6-12(9-15)7-5-11/h4-7,14-15H,8-10H2,1-3H3. The average molecular weight is 207 g/mol. The van der Waals surface area contributed by atoms with E-state index in [1.54, 1.807) is 0 Å². The molecular weight excluding hydrogens is 186 g/mol. The summed E-state index contributed by atoms with van der Waals surface area (Å²) in [5.41, 5.74) is 2.55. The molecule has 0 aliphatic carbocycles. The van der Waals surface area contributed by atoms with Crippen LogP contribution in [-0.4, -0.2) is 11.7 Å². The van der Waals surface area contributed by atoms with Crippen molar-refractivity contribution in [3.63, 3.8) is 0 Å². The second-order valence-corrected chi connectivity index (χ2v) is 5.14. The third-order valence-electron chi connectivity index (χ3n) is 2.19. The molecule has 2 nitrogen and oxygen atoms in total. The summed E-state index contributed by atoms with van der Waals surface area (Å²) in [6.45, 7) is 8.67. The van der Waals surface area contributed by atoms with E-state index in [0.717, 1.165) is 18.7 Å². The van der Waals surface area contributed by atoms with Crippen LogP contribution >= 0.6 is 0 Å². The summed E-state index contributed by atoms with van der Waals surface area (Å²) in [5.74, 6) is 0. The van der Waals surface area contributed by atoms with Crippen molar-refractivity contribution in [1.82, 2.24) is 5.32 Å². The first-order valence-electron chi connectivity index (χ1n) is 5.41. The van der Waals surface area contributed by atoms with Crippen molar-refractivity contribution in [3.8, 4) is 0 Å². The van der Waals surface area contributed by atoms with Gasteiger partial charge in [0.15, 0.2) is 0 Å². The van der Waals surface area contributed by atoms with Crippen LogP contribution in [0.5, 0.6) is 0 Å². The zero-order chi connectivity index (χ0) is 11.3. The van der Waals surface area contributed by atoms with Gasteiger partial charge in [-0.25, -0.2) is 0 Å². The molecule has 0 aliphatic heterocycles. The highest BCUT2D eigenvalue weighted by Crippen LogP contribution is 2.11. The van der Waals surface area contributed by atoms with Crippen molar-refractivity contribution in [2.75, 3.05) is 6.54 Å². The molecule has 0 atom stereocenters. The molecule has 0 radical (unpaired) electrons. The predicted octanol–water partition coefficient (Wildman–Crippen LogP) is 2.31. The lowest BCUT2D eigenvalue weighted by Crippen LogP contribution is -2.26. The molecule has 0 aromatic heterocycles. The second kappa shape index (κ2) is 5.29. The smallest absolute Gasteiger partial charge is 0.0681 e. The van der Waals surface area contributed by atoms with Gasteiger partial charge in [-0.2, -0.15) is 0 Å². The summed E-state index contributed by atoms with van der Waals surface area (Å²) in [7, 11) is 0. The van der Waals surface area contributed by atoms with Crippen LogP contribution in [0, 0.1) is 5.41 Å². The van der Waals surface area contributed by atoms with E-state index in [9.17, 15) is 0 Å². The minimum absolute atomic E-state index is 0.121. The van der Waals surface area contributed by atoms with E-state index in [2.05, 4.69) is 38.2 Å². The number of benzene rings is 1. The number of aliphatic hydroxyl groups excluding tert-OH is 1. The Morgan fingerprint density at radius 1 is 1.07 bits per heavy atom.